The molecule has 1 aromatic carbocycles. The fourth-order valence-electron chi connectivity index (χ4n) is 2.35. The maximum absolute atomic E-state index is 5.94. The topological polar surface area (TPSA) is 39.7 Å². The van der Waals surface area contributed by atoms with Crippen LogP contribution >= 0.6 is 0 Å². The number of likely N-dealkylation sites (N-methyl/N-ethyl adjacent to an activating group) is 1. The third-order valence-electron chi connectivity index (χ3n) is 3.39. The van der Waals surface area contributed by atoms with Crippen LogP contribution in [0.3, 0.4) is 0 Å². The first kappa shape index (κ1) is 15.1. The lowest BCUT2D eigenvalue weighted by molar-refractivity contribution is 0.0188. The molecule has 4 nitrogen and oxygen atoms in total. The van der Waals surface area contributed by atoms with Crippen LogP contribution in [0.4, 0.5) is 0 Å². The van der Waals surface area contributed by atoms with E-state index in [9.17, 15) is 0 Å². The highest BCUT2D eigenvalue weighted by Gasteiger charge is 2.25. The van der Waals surface area contributed by atoms with E-state index in [-0.39, 0.29) is 6.10 Å². The number of benzene rings is 1. The van der Waals surface area contributed by atoms with Gasteiger partial charge in [-0.05, 0) is 50.6 Å². The molecule has 2 unspecified atom stereocenters. The molecule has 20 heavy (non-hydrogen) atoms. The molecule has 1 saturated heterocycles. The van der Waals surface area contributed by atoms with Crippen LogP contribution in [0.15, 0.2) is 24.3 Å². The van der Waals surface area contributed by atoms with Crippen molar-refractivity contribution in [3.63, 3.8) is 0 Å². The first-order valence-corrected chi connectivity index (χ1v) is 7.53. The molecule has 0 bridgehead atoms. The summed E-state index contributed by atoms with van der Waals surface area (Å²) in [5.74, 6) is 1.75. The highest BCUT2D eigenvalue weighted by molar-refractivity contribution is 5.31. The molecule has 1 aliphatic rings. The average molecular weight is 279 g/mol. The standard InChI is InChI=1S/C16H25NO3/c1-3-17-11-15-9-10-16(20-15)12-19-14-7-5-13(6-8-14)18-4-2/h5-8,15-17H,3-4,9-12H2,1-2H3. The molecule has 2 atom stereocenters. The Hall–Kier alpha value is -1.26. The summed E-state index contributed by atoms with van der Waals surface area (Å²) in [5, 5.41) is 3.32. The van der Waals surface area contributed by atoms with Gasteiger partial charge in [-0.25, -0.2) is 0 Å². The summed E-state index contributed by atoms with van der Waals surface area (Å²) in [6.45, 7) is 7.33. The Morgan fingerprint density at radius 1 is 1.05 bits per heavy atom. The Labute approximate surface area is 121 Å². The van der Waals surface area contributed by atoms with Crippen molar-refractivity contribution in [2.24, 2.45) is 0 Å². The molecule has 0 spiro atoms. The quantitative estimate of drug-likeness (QED) is 0.794. The van der Waals surface area contributed by atoms with Crippen LogP contribution in [0.25, 0.3) is 0 Å². The monoisotopic (exact) mass is 279 g/mol. The van der Waals surface area contributed by atoms with Crippen LogP contribution in [-0.2, 0) is 4.74 Å². The number of rotatable bonds is 8. The summed E-state index contributed by atoms with van der Waals surface area (Å²) in [4.78, 5) is 0. The van der Waals surface area contributed by atoms with Gasteiger partial charge in [0.1, 0.15) is 18.1 Å². The van der Waals surface area contributed by atoms with Crippen LogP contribution in [0.2, 0.25) is 0 Å². The first-order chi connectivity index (χ1) is 9.81. The van der Waals surface area contributed by atoms with Gasteiger partial charge in [0, 0.05) is 6.54 Å². The molecule has 1 fully saturated rings. The molecular formula is C16H25NO3. The van der Waals surface area contributed by atoms with E-state index in [1.165, 1.54) is 0 Å². The number of hydrogen-bond donors (Lipinski definition) is 1. The van der Waals surface area contributed by atoms with Crippen molar-refractivity contribution in [2.75, 3.05) is 26.3 Å². The van der Waals surface area contributed by atoms with Gasteiger partial charge in [-0.15, -0.1) is 0 Å². The molecule has 0 aliphatic carbocycles. The number of ether oxygens (including phenoxy) is 3. The van der Waals surface area contributed by atoms with Crippen LogP contribution in [-0.4, -0.2) is 38.5 Å². The van der Waals surface area contributed by atoms with Crippen molar-refractivity contribution >= 4 is 0 Å². The molecule has 0 aromatic heterocycles. The zero-order chi connectivity index (χ0) is 14.2. The predicted molar refractivity (Wildman–Crippen MR) is 79.5 cm³/mol. The normalized spacial score (nSPS) is 21.9. The second-order valence-electron chi connectivity index (χ2n) is 4.98. The van der Waals surface area contributed by atoms with E-state index >= 15 is 0 Å². The third kappa shape index (κ3) is 4.69. The Kier molecular flexibility index (Phi) is 6.15. The van der Waals surface area contributed by atoms with E-state index in [0.29, 0.717) is 19.3 Å². The molecule has 4 heteroatoms. The van der Waals surface area contributed by atoms with Gasteiger partial charge in [0.05, 0.1) is 18.8 Å². The second kappa shape index (κ2) is 8.12. The molecular weight excluding hydrogens is 254 g/mol. The Balaban J connectivity index is 1.70. The molecule has 0 amide bonds. The van der Waals surface area contributed by atoms with Crippen molar-refractivity contribution in [3.8, 4) is 11.5 Å². The number of nitrogens with one attached hydrogen (secondary N) is 1. The zero-order valence-electron chi connectivity index (χ0n) is 12.4. The van der Waals surface area contributed by atoms with E-state index in [1.54, 1.807) is 0 Å². The Morgan fingerprint density at radius 2 is 1.70 bits per heavy atom. The molecule has 2 rings (SSSR count). The van der Waals surface area contributed by atoms with E-state index in [0.717, 1.165) is 37.4 Å². The summed E-state index contributed by atoms with van der Waals surface area (Å²) in [6.07, 6.45) is 2.74. The molecule has 1 aliphatic heterocycles. The highest BCUT2D eigenvalue weighted by Crippen LogP contribution is 2.22. The summed E-state index contributed by atoms with van der Waals surface area (Å²) in [7, 11) is 0. The molecule has 1 N–H and O–H groups in total. The summed E-state index contributed by atoms with van der Waals surface area (Å²) < 4.78 is 17.1. The largest absolute Gasteiger partial charge is 0.494 e. The van der Waals surface area contributed by atoms with Gasteiger partial charge in [-0.2, -0.15) is 0 Å². The first-order valence-electron chi connectivity index (χ1n) is 7.53. The molecule has 112 valence electrons. The lowest BCUT2D eigenvalue weighted by atomic mass is 10.2. The van der Waals surface area contributed by atoms with Gasteiger partial charge < -0.3 is 19.5 Å². The summed E-state index contributed by atoms with van der Waals surface area (Å²) in [6, 6.07) is 7.75. The van der Waals surface area contributed by atoms with E-state index in [4.69, 9.17) is 14.2 Å². The Bertz CT molecular complexity index is 380. The van der Waals surface area contributed by atoms with Gasteiger partial charge in [-0.1, -0.05) is 6.92 Å². The van der Waals surface area contributed by atoms with Crippen molar-refractivity contribution in [1.82, 2.24) is 5.32 Å². The van der Waals surface area contributed by atoms with E-state index < -0.39 is 0 Å². The van der Waals surface area contributed by atoms with Gasteiger partial charge in [0.2, 0.25) is 0 Å². The maximum Gasteiger partial charge on any atom is 0.119 e. The zero-order valence-corrected chi connectivity index (χ0v) is 12.4. The smallest absolute Gasteiger partial charge is 0.119 e. The van der Waals surface area contributed by atoms with Crippen molar-refractivity contribution in [3.05, 3.63) is 24.3 Å². The number of hydrogen-bond acceptors (Lipinski definition) is 4. The van der Waals surface area contributed by atoms with Crippen molar-refractivity contribution in [2.45, 2.75) is 38.9 Å². The highest BCUT2D eigenvalue weighted by atomic mass is 16.5. The fourth-order valence-corrected chi connectivity index (χ4v) is 2.35. The van der Waals surface area contributed by atoms with Crippen molar-refractivity contribution in [1.29, 1.82) is 0 Å². The second-order valence-corrected chi connectivity index (χ2v) is 4.98. The fraction of sp³-hybridized carbons (Fsp3) is 0.625. The molecule has 1 heterocycles. The van der Waals surface area contributed by atoms with Crippen LogP contribution in [0.1, 0.15) is 26.7 Å². The molecule has 0 saturated carbocycles. The van der Waals surface area contributed by atoms with Crippen LogP contribution in [0, 0.1) is 0 Å². The summed E-state index contributed by atoms with van der Waals surface area (Å²) >= 11 is 0. The van der Waals surface area contributed by atoms with E-state index in [1.807, 2.05) is 31.2 Å². The minimum absolute atomic E-state index is 0.213. The SMILES string of the molecule is CCNCC1CCC(COc2ccc(OCC)cc2)O1. The van der Waals surface area contributed by atoms with E-state index in [2.05, 4.69) is 12.2 Å². The minimum atomic E-state index is 0.213. The third-order valence-corrected chi connectivity index (χ3v) is 3.39. The van der Waals surface area contributed by atoms with Gasteiger partial charge in [-0.3, -0.25) is 0 Å². The van der Waals surface area contributed by atoms with Crippen LogP contribution in [0.5, 0.6) is 11.5 Å². The lowest BCUT2D eigenvalue weighted by Gasteiger charge is -2.15. The molecule has 0 radical (unpaired) electrons. The average Bonchev–Trinajstić information content (AvgIpc) is 2.93. The Morgan fingerprint density at radius 3 is 2.35 bits per heavy atom. The minimum Gasteiger partial charge on any atom is -0.494 e. The van der Waals surface area contributed by atoms with Crippen LogP contribution < -0.4 is 14.8 Å². The van der Waals surface area contributed by atoms with Gasteiger partial charge >= 0.3 is 0 Å². The molecule has 1 aromatic rings. The van der Waals surface area contributed by atoms with Crippen molar-refractivity contribution < 1.29 is 14.2 Å². The lowest BCUT2D eigenvalue weighted by Crippen LogP contribution is -2.28. The predicted octanol–water partition coefficient (Wildman–Crippen LogP) is 2.62. The summed E-state index contributed by atoms with van der Waals surface area (Å²) in [5.41, 5.74) is 0. The maximum atomic E-state index is 5.94. The van der Waals surface area contributed by atoms with Gasteiger partial charge in [0.25, 0.3) is 0 Å². The van der Waals surface area contributed by atoms with Gasteiger partial charge in [0.15, 0.2) is 0 Å².